The minimum Gasteiger partial charge on any atom is -0.357 e. The largest absolute Gasteiger partial charge is 0.390 e. The van der Waals surface area contributed by atoms with E-state index in [0.29, 0.717) is 23.4 Å². The maximum Gasteiger partial charge on any atom is 0.390 e. The summed E-state index contributed by atoms with van der Waals surface area (Å²) in [4.78, 5) is 3.97. The Labute approximate surface area is 156 Å². The number of aliphatic imine (C=N–C) groups is 1. The van der Waals surface area contributed by atoms with Gasteiger partial charge in [-0.25, -0.2) is 0 Å². The van der Waals surface area contributed by atoms with Crippen molar-refractivity contribution in [3.05, 3.63) is 34.9 Å². The van der Waals surface area contributed by atoms with Crippen molar-refractivity contribution in [3.63, 3.8) is 0 Å². The highest BCUT2D eigenvalue weighted by Gasteiger charge is 2.39. The van der Waals surface area contributed by atoms with E-state index in [1.54, 1.807) is 0 Å². The van der Waals surface area contributed by atoms with Gasteiger partial charge in [-0.3, -0.25) is 4.99 Å². The molecular formula is C15H20ClF3IN3. The summed E-state index contributed by atoms with van der Waals surface area (Å²) in [5.74, 6) is 0.756. The Morgan fingerprint density at radius 1 is 1.39 bits per heavy atom. The molecule has 1 saturated carbocycles. The van der Waals surface area contributed by atoms with Gasteiger partial charge in [-0.15, -0.1) is 24.0 Å². The topological polar surface area (TPSA) is 36.4 Å². The summed E-state index contributed by atoms with van der Waals surface area (Å²) in [7, 11) is 0. The zero-order valence-electron chi connectivity index (χ0n) is 12.7. The third-order valence-corrected chi connectivity index (χ3v) is 3.63. The first-order chi connectivity index (χ1) is 10.4. The first kappa shape index (κ1) is 20.3. The molecule has 2 unspecified atom stereocenters. The lowest BCUT2D eigenvalue weighted by Gasteiger charge is -2.12. The fourth-order valence-electron chi connectivity index (χ4n) is 2.25. The first-order valence-electron chi connectivity index (χ1n) is 7.26. The smallest absolute Gasteiger partial charge is 0.357 e. The van der Waals surface area contributed by atoms with Crippen molar-refractivity contribution in [1.29, 1.82) is 0 Å². The molecule has 1 fully saturated rings. The highest BCUT2D eigenvalue weighted by Crippen LogP contribution is 2.41. The second kappa shape index (κ2) is 8.96. The lowest BCUT2D eigenvalue weighted by atomic mass is 10.1. The second-order valence-corrected chi connectivity index (χ2v) is 5.71. The molecule has 0 spiro atoms. The van der Waals surface area contributed by atoms with E-state index in [9.17, 15) is 13.2 Å². The summed E-state index contributed by atoms with van der Waals surface area (Å²) < 4.78 is 36.5. The van der Waals surface area contributed by atoms with E-state index in [0.717, 1.165) is 12.0 Å². The van der Waals surface area contributed by atoms with Gasteiger partial charge in [0.2, 0.25) is 0 Å². The molecule has 8 heteroatoms. The van der Waals surface area contributed by atoms with Gasteiger partial charge in [-0.2, -0.15) is 13.2 Å². The minimum absolute atomic E-state index is 0. The van der Waals surface area contributed by atoms with Crippen molar-refractivity contribution in [1.82, 2.24) is 10.6 Å². The molecule has 0 bridgehead atoms. The third kappa shape index (κ3) is 7.15. The van der Waals surface area contributed by atoms with Gasteiger partial charge >= 0.3 is 6.18 Å². The van der Waals surface area contributed by atoms with Crippen molar-refractivity contribution < 1.29 is 13.2 Å². The lowest BCUT2D eigenvalue weighted by molar-refractivity contribution is -0.132. The summed E-state index contributed by atoms with van der Waals surface area (Å²) in [6.07, 6.45) is -4.17. The van der Waals surface area contributed by atoms with Gasteiger partial charge in [0.1, 0.15) is 0 Å². The normalized spacial score (nSPS) is 20.7. The predicted octanol–water partition coefficient (Wildman–Crippen LogP) is 4.32. The zero-order chi connectivity index (χ0) is 16.2. The predicted molar refractivity (Wildman–Crippen MR) is 97.8 cm³/mol. The summed E-state index contributed by atoms with van der Waals surface area (Å²) >= 11 is 5.97. The molecule has 1 aliphatic carbocycles. The number of rotatable bonds is 5. The summed E-state index contributed by atoms with van der Waals surface area (Å²) in [6, 6.07) is 7.82. The van der Waals surface area contributed by atoms with E-state index in [-0.39, 0.29) is 36.6 Å². The average Bonchev–Trinajstić information content (AvgIpc) is 3.17. The fourth-order valence-corrected chi connectivity index (χ4v) is 2.45. The van der Waals surface area contributed by atoms with Crippen molar-refractivity contribution in [3.8, 4) is 0 Å². The van der Waals surface area contributed by atoms with Gasteiger partial charge in [0.05, 0.1) is 13.0 Å². The Kier molecular flexibility index (Phi) is 7.93. The van der Waals surface area contributed by atoms with Crippen LogP contribution in [0.15, 0.2) is 29.3 Å². The number of hydrogen-bond donors (Lipinski definition) is 2. The van der Waals surface area contributed by atoms with Crippen LogP contribution in [-0.2, 0) is 0 Å². The molecule has 0 aromatic heterocycles. The monoisotopic (exact) mass is 461 g/mol. The minimum atomic E-state index is -4.18. The number of halogens is 5. The zero-order valence-corrected chi connectivity index (χ0v) is 15.7. The molecular weight excluding hydrogens is 442 g/mol. The van der Waals surface area contributed by atoms with Crippen LogP contribution in [-0.4, -0.2) is 31.3 Å². The molecule has 1 aliphatic rings. The number of nitrogens with zero attached hydrogens (tertiary/aromatic N) is 1. The van der Waals surface area contributed by atoms with E-state index < -0.39 is 12.6 Å². The number of nitrogens with one attached hydrogen (secondary N) is 2. The molecule has 1 aromatic carbocycles. The summed E-state index contributed by atoms with van der Waals surface area (Å²) in [5.41, 5.74) is 1.14. The third-order valence-electron chi connectivity index (χ3n) is 3.40. The molecule has 0 radical (unpaired) electrons. The maximum absolute atomic E-state index is 12.2. The molecule has 130 valence electrons. The quantitative estimate of drug-likeness (QED) is 0.389. The highest BCUT2D eigenvalue weighted by atomic mass is 127. The Balaban J connectivity index is 0.00000264. The van der Waals surface area contributed by atoms with Crippen LogP contribution in [0, 0.1) is 0 Å². The van der Waals surface area contributed by atoms with Crippen molar-refractivity contribution in [2.75, 3.05) is 13.1 Å². The number of guanidine groups is 1. The molecule has 3 nitrogen and oxygen atoms in total. The molecule has 1 aromatic rings. The molecule has 2 N–H and O–H groups in total. The van der Waals surface area contributed by atoms with Gasteiger partial charge < -0.3 is 10.6 Å². The van der Waals surface area contributed by atoms with Crippen LogP contribution in [0.25, 0.3) is 0 Å². The van der Waals surface area contributed by atoms with Gasteiger partial charge in [0, 0.05) is 23.5 Å². The Bertz CT molecular complexity index is 537. The van der Waals surface area contributed by atoms with Gasteiger partial charge in [0.25, 0.3) is 0 Å². The van der Waals surface area contributed by atoms with Crippen LogP contribution in [0.3, 0.4) is 0 Å². The van der Waals surface area contributed by atoms with E-state index in [1.807, 2.05) is 31.2 Å². The average molecular weight is 462 g/mol. The van der Waals surface area contributed by atoms with Crippen molar-refractivity contribution >= 4 is 41.5 Å². The molecule has 0 saturated heterocycles. The number of benzene rings is 1. The van der Waals surface area contributed by atoms with Crippen molar-refractivity contribution in [2.24, 2.45) is 4.99 Å². The van der Waals surface area contributed by atoms with Gasteiger partial charge in [-0.05, 0) is 31.0 Å². The van der Waals surface area contributed by atoms with E-state index in [2.05, 4.69) is 15.6 Å². The van der Waals surface area contributed by atoms with E-state index in [1.165, 1.54) is 0 Å². The van der Waals surface area contributed by atoms with Crippen LogP contribution < -0.4 is 10.6 Å². The molecule has 23 heavy (non-hydrogen) atoms. The van der Waals surface area contributed by atoms with E-state index >= 15 is 0 Å². The Morgan fingerprint density at radius 2 is 2.13 bits per heavy atom. The molecule has 0 amide bonds. The van der Waals surface area contributed by atoms with E-state index in [4.69, 9.17) is 11.6 Å². The first-order valence-corrected chi connectivity index (χ1v) is 7.64. The maximum atomic E-state index is 12.2. The van der Waals surface area contributed by atoms with Gasteiger partial charge in [0.15, 0.2) is 5.96 Å². The SMILES string of the molecule is CCNC(=NCCC(F)(F)F)NC1CC1c1cccc(Cl)c1.I. The molecule has 2 atom stereocenters. The molecule has 2 rings (SSSR count). The molecule has 0 aliphatic heterocycles. The fraction of sp³-hybridized carbons (Fsp3) is 0.533. The summed E-state index contributed by atoms with van der Waals surface area (Å²) in [5, 5.41) is 6.83. The number of alkyl halides is 3. The summed E-state index contributed by atoms with van der Waals surface area (Å²) in [6.45, 7) is 2.21. The Morgan fingerprint density at radius 3 is 2.74 bits per heavy atom. The van der Waals surface area contributed by atoms with Gasteiger partial charge in [-0.1, -0.05) is 23.7 Å². The Hall–Kier alpha value is -0.700. The van der Waals surface area contributed by atoms with Crippen LogP contribution in [0.2, 0.25) is 5.02 Å². The van der Waals surface area contributed by atoms with Crippen LogP contribution in [0.1, 0.15) is 31.2 Å². The van der Waals surface area contributed by atoms with Crippen LogP contribution in [0.4, 0.5) is 13.2 Å². The standard InChI is InChI=1S/C15H19ClF3N3.HI/c1-2-20-14(21-7-6-15(17,18)19)22-13-9-12(13)10-4-3-5-11(16)8-10;/h3-5,8,12-13H,2,6-7,9H2,1H3,(H2,20,21,22);1H. The van der Waals surface area contributed by atoms with Crippen LogP contribution >= 0.6 is 35.6 Å². The van der Waals surface area contributed by atoms with Crippen molar-refractivity contribution in [2.45, 2.75) is 37.9 Å². The lowest BCUT2D eigenvalue weighted by Crippen LogP contribution is -2.39. The number of hydrogen-bond acceptors (Lipinski definition) is 1. The highest BCUT2D eigenvalue weighted by molar-refractivity contribution is 14.0. The van der Waals surface area contributed by atoms with Crippen LogP contribution in [0.5, 0.6) is 0 Å². The molecule has 0 heterocycles. The second-order valence-electron chi connectivity index (χ2n) is 5.27.